The Balaban J connectivity index is 1.71. The normalized spacial score (nSPS) is 24.2. The molecule has 2 bridgehead atoms. The Morgan fingerprint density at radius 2 is 1.84 bits per heavy atom. The van der Waals surface area contributed by atoms with Crippen molar-refractivity contribution in [1.82, 2.24) is 9.97 Å². The van der Waals surface area contributed by atoms with Gasteiger partial charge in [-0.1, -0.05) is 26.8 Å². The number of benzene rings is 1. The molecule has 5 nitrogen and oxygen atoms in total. The first-order valence-corrected chi connectivity index (χ1v) is 12.3. The first-order valence-electron chi connectivity index (χ1n) is 11.1. The topological polar surface area (TPSA) is 47.5 Å². The highest BCUT2D eigenvalue weighted by molar-refractivity contribution is 7.19. The second-order valence-corrected chi connectivity index (χ2v) is 12.0. The summed E-state index contributed by atoms with van der Waals surface area (Å²) in [4.78, 5) is 14.1. The number of anilines is 1. The molecule has 170 valence electrons. The van der Waals surface area contributed by atoms with E-state index in [0.29, 0.717) is 27.9 Å². The highest BCUT2D eigenvalue weighted by Gasteiger charge is 2.50. The van der Waals surface area contributed by atoms with Crippen LogP contribution in [0, 0.1) is 17.8 Å². The first kappa shape index (κ1) is 21.8. The number of rotatable bonds is 4. The summed E-state index contributed by atoms with van der Waals surface area (Å²) < 4.78 is 11.0. The van der Waals surface area contributed by atoms with E-state index in [2.05, 4.69) is 43.6 Å². The fourth-order valence-corrected chi connectivity index (χ4v) is 7.58. The molecule has 0 spiro atoms. The molecule has 2 aromatic heterocycles. The standard InChI is InChI=1S/C25H30ClN3O2S/c1-14-19(15-7-8-17(30-5)18(9-15)31-6)20-21(27-23(26)28-22(20)32-14)29-13-25(4)11-16(29)10-24(2,3)12-25/h7-9,16H,10-13H2,1-6H3. The molecule has 5 rings (SSSR count). The fraction of sp³-hybridized carbons (Fsp3) is 0.520. The summed E-state index contributed by atoms with van der Waals surface area (Å²) in [5, 5.41) is 1.41. The van der Waals surface area contributed by atoms with Gasteiger partial charge in [0.15, 0.2) is 11.5 Å². The van der Waals surface area contributed by atoms with E-state index >= 15 is 0 Å². The van der Waals surface area contributed by atoms with Crippen molar-refractivity contribution in [3.8, 4) is 22.6 Å². The maximum atomic E-state index is 6.45. The molecule has 3 aromatic rings. The largest absolute Gasteiger partial charge is 0.493 e. The average Bonchev–Trinajstić information content (AvgIpc) is 3.17. The molecule has 2 fully saturated rings. The van der Waals surface area contributed by atoms with Gasteiger partial charge in [0.05, 0.1) is 19.6 Å². The van der Waals surface area contributed by atoms with Gasteiger partial charge >= 0.3 is 0 Å². The van der Waals surface area contributed by atoms with Gasteiger partial charge in [-0.25, -0.2) is 4.98 Å². The molecule has 3 heterocycles. The molecule has 1 aliphatic carbocycles. The van der Waals surface area contributed by atoms with Gasteiger partial charge in [0.25, 0.3) is 0 Å². The zero-order valence-electron chi connectivity index (χ0n) is 19.6. The van der Waals surface area contributed by atoms with Crippen LogP contribution in [0.4, 0.5) is 5.82 Å². The lowest BCUT2D eigenvalue weighted by atomic mass is 9.65. The van der Waals surface area contributed by atoms with E-state index in [4.69, 9.17) is 26.1 Å². The SMILES string of the molecule is COc1ccc(-c2c(C)sc3nc(Cl)nc(N4CC5(C)CC4CC(C)(C)C5)c23)cc1OC. The highest BCUT2D eigenvalue weighted by atomic mass is 35.5. The van der Waals surface area contributed by atoms with Crippen LogP contribution in [0.25, 0.3) is 21.3 Å². The number of methoxy groups -OCH3 is 2. The monoisotopic (exact) mass is 471 g/mol. The minimum absolute atomic E-state index is 0.296. The van der Waals surface area contributed by atoms with Crippen LogP contribution < -0.4 is 14.4 Å². The Morgan fingerprint density at radius 1 is 1.09 bits per heavy atom. The van der Waals surface area contributed by atoms with Gasteiger partial charge in [0, 0.05) is 23.0 Å². The quantitative estimate of drug-likeness (QED) is 0.394. The van der Waals surface area contributed by atoms with Crippen molar-refractivity contribution in [2.75, 3.05) is 25.7 Å². The Hall–Kier alpha value is -2.05. The van der Waals surface area contributed by atoms with Crippen LogP contribution in [0.1, 0.15) is 44.9 Å². The lowest BCUT2D eigenvalue weighted by Crippen LogP contribution is -2.35. The number of fused-ring (bicyclic) bond motifs is 3. The molecule has 7 heteroatoms. The van der Waals surface area contributed by atoms with Crippen molar-refractivity contribution in [2.24, 2.45) is 10.8 Å². The molecule has 0 amide bonds. The summed E-state index contributed by atoms with van der Waals surface area (Å²) in [5.41, 5.74) is 2.86. The third-order valence-electron chi connectivity index (χ3n) is 7.04. The van der Waals surface area contributed by atoms with Crippen LogP contribution in [-0.2, 0) is 0 Å². The van der Waals surface area contributed by atoms with Gasteiger partial charge in [0.2, 0.25) is 5.28 Å². The zero-order valence-corrected chi connectivity index (χ0v) is 21.2. The lowest BCUT2D eigenvalue weighted by Gasteiger charge is -2.39. The molecular weight excluding hydrogens is 442 g/mol. The number of thiophene rings is 1. The van der Waals surface area contributed by atoms with Crippen molar-refractivity contribution < 1.29 is 9.47 Å². The fourth-order valence-electron chi connectivity index (χ4n) is 6.32. The number of aromatic nitrogens is 2. The summed E-state index contributed by atoms with van der Waals surface area (Å²) in [6.07, 6.45) is 3.61. The van der Waals surface area contributed by atoms with Gasteiger partial charge in [-0.2, -0.15) is 4.98 Å². The molecular formula is C25H30ClN3O2S. The highest BCUT2D eigenvalue weighted by Crippen LogP contribution is 2.55. The molecule has 0 radical (unpaired) electrons. The molecule has 1 saturated heterocycles. The summed E-state index contributed by atoms with van der Waals surface area (Å²) >= 11 is 8.13. The van der Waals surface area contributed by atoms with Crippen LogP contribution in [0.2, 0.25) is 5.28 Å². The lowest BCUT2D eigenvalue weighted by molar-refractivity contribution is 0.136. The van der Waals surface area contributed by atoms with E-state index in [1.165, 1.54) is 24.1 Å². The number of nitrogens with zero attached hydrogens (tertiary/aromatic N) is 3. The maximum Gasteiger partial charge on any atom is 0.225 e. The summed E-state index contributed by atoms with van der Waals surface area (Å²) in [6.45, 7) is 10.4. The van der Waals surface area contributed by atoms with Crippen LogP contribution in [-0.4, -0.2) is 36.8 Å². The number of hydrogen-bond donors (Lipinski definition) is 0. The van der Waals surface area contributed by atoms with E-state index in [9.17, 15) is 0 Å². The Bertz CT molecular complexity index is 1210. The first-order chi connectivity index (χ1) is 15.1. The molecule has 0 N–H and O–H groups in total. The van der Waals surface area contributed by atoms with Crippen LogP contribution in [0.15, 0.2) is 18.2 Å². The minimum atomic E-state index is 0.296. The van der Waals surface area contributed by atoms with Gasteiger partial charge in [0.1, 0.15) is 10.6 Å². The van der Waals surface area contributed by atoms with Crippen molar-refractivity contribution in [3.05, 3.63) is 28.4 Å². The van der Waals surface area contributed by atoms with Crippen molar-refractivity contribution >= 4 is 39.0 Å². The smallest absolute Gasteiger partial charge is 0.225 e. The molecule has 1 saturated carbocycles. The minimum Gasteiger partial charge on any atom is -0.493 e. The Morgan fingerprint density at radius 3 is 2.56 bits per heavy atom. The number of halogens is 1. The van der Waals surface area contributed by atoms with E-state index in [-0.39, 0.29) is 0 Å². The predicted molar refractivity (Wildman–Crippen MR) is 133 cm³/mol. The molecule has 2 aliphatic rings. The van der Waals surface area contributed by atoms with Crippen LogP contribution >= 0.6 is 22.9 Å². The molecule has 1 aromatic carbocycles. The third kappa shape index (κ3) is 3.52. The van der Waals surface area contributed by atoms with Crippen LogP contribution in [0.3, 0.4) is 0 Å². The van der Waals surface area contributed by atoms with Crippen molar-refractivity contribution in [2.45, 2.75) is 53.0 Å². The van der Waals surface area contributed by atoms with Crippen molar-refractivity contribution in [1.29, 1.82) is 0 Å². The van der Waals surface area contributed by atoms with E-state index in [1.807, 2.05) is 12.1 Å². The van der Waals surface area contributed by atoms with E-state index < -0.39 is 0 Å². The molecule has 32 heavy (non-hydrogen) atoms. The number of ether oxygens (including phenoxy) is 2. The Labute approximate surface area is 198 Å². The Kier molecular flexibility index (Phi) is 5.10. The number of aryl methyl sites for hydroxylation is 1. The third-order valence-corrected chi connectivity index (χ3v) is 8.21. The van der Waals surface area contributed by atoms with Gasteiger partial charge in [-0.05, 0) is 66.3 Å². The maximum absolute atomic E-state index is 6.45. The number of hydrogen-bond acceptors (Lipinski definition) is 6. The summed E-state index contributed by atoms with van der Waals surface area (Å²) in [6, 6.07) is 6.55. The van der Waals surface area contributed by atoms with Crippen molar-refractivity contribution in [3.63, 3.8) is 0 Å². The second kappa shape index (κ2) is 7.49. The molecule has 2 atom stereocenters. The zero-order chi connectivity index (χ0) is 22.8. The van der Waals surface area contributed by atoms with Crippen LogP contribution in [0.5, 0.6) is 11.5 Å². The summed E-state index contributed by atoms with van der Waals surface area (Å²) in [5.74, 6) is 2.41. The predicted octanol–water partition coefficient (Wildman–Crippen LogP) is 6.74. The van der Waals surface area contributed by atoms with Gasteiger partial charge in [-0.15, -0.1) is 11.3 Å². The average molecular weight is 472 g/mol. The van der Waals surface area contributed by atoms with E-state index in [0.717, 1.165) is 39.5 Å². The summed E-state index contributed by atoms with van der Waals surface area (Å²) in [7, 11) is 3.33. The second-order valence-electron chi connectivity index (χ2n) is 10.4. The molecule has 1 aliphatic heterocycles. The van der Waals surface area contributed by atoms with Gasteiger partial charge < -0.3 is 14.4 Å². The van der Waals surface area contributed by atoms with E-state index in [1.54, 1.807) is 25.6 Å². The van der Waals surface area contributed by atoms with Gasteiger partial charge in [-0.3, -0.25) is 0 Å². The molecule has 2 unspecified atom stereocenters.